The fraction of sp³-hybridized carbons (Fsp3) is 0.278. The maximum Gasteiger partial charge on any atom is 0.223 e. The Morgan fingerprint density at radius 2 is 1.43 bits per heavy atom. The first kappa shape index (κ1) is 13.8. The molecular weight excluding hydrogens is 260 g/mol. The van der Waals surface area contributed by atoms with E-state index in [1.807, 2.05) is 17.0 Å². The summed E-state index contributed by atoms with van der Waals surface area (Å²) >= 11 is 0. The average Bonchev–Trinajstić information content (AvgIpc) is 2.49. The number of amides is 1. The van der Waals surface area contributed by atoms with Crippen molar-refractivity contribution in [3.63, 3.8) is 0 Å². The molecule has 108 valence electrons. The highest BCUT2D eigenvalue weighted by atomic mass is 16.2. The monoisotopic (exact) mass is 280 g/mol. The normalized spacial score (nSPS) is 16.3. The van der Waals surface area contributed by atoms with Crippen molar-refractivity contribution in [2.75, 3.05) is 19.6 Å². The molecule has 3 heteroatoms. The van der Waals surface area contributed by atoms with Gasteiger partial charge in [0, 0.05) is 26.1 Å². The second kappa shape index (κ2) is 5.70. The van der Waals surface area contributed by atoms with Crippen molar-refractivity contribution >= 4 is 5.91 Å². The average molecular weight is 280 g/mol. The lowest BCUT2D eigenvalue weighted by Gasteiger charge is -2.51. The predicted octanol–water partition coefficient (Wildman–Crippen LogP) is 2.16. The maximum atomic E-state index is 12.0. The molecule has 0 aromatic heterocycles. The molecule has 2 aromatic carbocycles. The Balaban J connectivity index is 1.91. The van der Waals surface area contributed by atoms with Crippen molar-refractivity contribution in [1.29, 1.82) is 0 Å². The van der Waals surface area contributed by atoms with Gasteiger partial charge in [-0.05, 0) is 11.1 Å². The van der Waals surface area contributed by atoms with E-state index < -0.39 is 0 Å². The minimum absolute atomic E-state index is 0.0766. The summed E-state index contributed by atoms with van der Waals surface area (Å²) in [6, 6.07) is 20.9. The summed E-state index contributed by atoms with van der Waals surface area (Å²) in [7, 11) is 0. The lowest BCUT2D eigenvalue weighted by Crippen LogP contribution is -2.61. The molecule has 2 aromatic rings. The maximum absolute atomic E-state index is 12.0. The highest BCUT2D eigenvalue weighted by Gasteiger charge is 2.47. The van der Waals surface area contributed by atoms with Gasteiger partial charge in [-0.25, -0.2) is 0 Å². The molecule has 1 aliphatic rings. The third-order valence-corrected chi connectivity index (χ3v) is 4.29. The number of hydrogen-bond acceptors (Lipinski definition) is 2. The number of benzene rings is 2. The van der Waals surface area contributed by atoms with Crippen molar-refractivity contribution in [3.8, 4) is 0 Å². The summed E-state index contributed by atoms with van der Waals surface area (Å²) in [4.78, 5) is 13.9. The van der Waals surface area contributed by atoms with Gasteiger partial charge < -0.3 is 10.6 Å². The van der Waals surface area contributed by atoms with Gasteiger partial charge in [0.2, 0.25) is 5.91 Å². The molecule has 2 N–H and O–H groups in total. The van der Waals surface area contributed by atoms with Gasteiger partial charge in [0.05, 0.1) is 5.41 Å². The Hall–Kier alpha value is -2.13. The van der Waals surface area contributed by atoms with E-state index in [1.165, 1.54) is 11.1 Å². The molecule has 3 rings (SSSR count). The molecule has 0 spiro atoms. The number of likely N-dealkylation sites (tertiary alicyclic amines) is 1. The van der Waals surface area contributed by atoms with Gasteiger partial charge in [0.1, 0.15) is 0 Å². The minimum atomic E-state index is -0.0766. The van der Waals surface area contributed by atoms with E-state index >= 15 is 0 Å². The third kappa shape index (κ3) is 2.45. The number of nitrogens with two attached hydrogens (primary N) is 1. The van der Waals surface area contributed by atoms with E-state index in [0.717, 1.165) is 13.1 Å². The van der Waals surface area contributed by atoms with Crippen LogP contribution in [0.4, 0.5) is 0 Å². The number of rotatable bonds is 4. The molecular formula is C18H20N2O. The summed E-state index contributed by atoms with van der Waals surface area (Å²) in [5, 5.41) is 0. The van der Waals surface area contributed by atoms with E-state index in [9.17, 15) is 4.79 Å². The van der Waals surface area contributed by atoms with Gasteiger partial charge in [0.15, 0.2) is 0 Å². The Morgan fingerprint density at radius 3 is 1.86 bits per heavy atom. The van der Waals surface area contributed by atoms with Crippen molar-refractivity contribution < 1.29 is 4.79 Å². The van der Waals surface area contributed by atoms with Crippen LogP contribution in [0.25, 0.3) is 0 Å². The quantitative estimate of drug-likeness (QED) is 0.933. The zero-order valence-electron chi connectivity index (χ0n) is 12.0. The summed E-state index contributed by atoms with van der Waals surface area (Å²) in [6.45, 7) is 1.89. The number of carbonyl (C=O) groups excluding carboxylic acids is 1. The molecule has 0 bridgehead atoms. The molecule has 1 amide bonds. The summed E-state index contributed by atoms with van der Waals surface area (Å²) in [5.74, 6) is 0.153. The fourth-order valence-corrected chi connectivity index (χ4v) is 3.11. The smallest absolute Gasteiger partial charge is 0.223 e. The SMILES string of the molecule is NCCC(=O)N1CC(c2ccccc2)(c2ccccc2)C1. The second-order valence-electron chi connectivity index (χ2n) is 5.60. The standard InChI is InChI=1S/C18H20N2O/c19-12-11-17(21)20-13-18(14-20,15-7-3-1-4-8-15)16-9-5-2-6-10-16/h1-10H,11-14,19H2. The minimum Gasteiger partial charge on any atom is -0.340 e. The summed E-state index contributed by atoms with van der Waals surface area (Å²) < 4.78 is 0. The third-order valence-electron chi connectivity index (χ3n) is 4.29. The van der Waals surface area contributed by atoms with Crippen LogP contribution in [0.5, 0.6) is 0 Å². The van der Waals surface area contributed by atoms with Gasteiger partial charge in [-0.1, -0.05) is 60.7 Å². The molecule has 1 heterocycles. The molecule has 1 saturated heterocycles. The first-order valence-corrected chi connectivity index (χ1v) is 7.35. The Morgan fingerprint density at radius 1 is 0.952 bits per heavy atom. The molecule has 0 aliphatic carbocycles. The van der Waals surface area contributed by atoms with E-state index in [-0.39, 0.29) is 11.3 Å². The first-order valence-electron chi connectivity index (χ1n) is 7.35. The van der Waals surface area contributed by atoms with Gasteiger partial charge in [-0.2, -0.15) is 0 Å². The zero-order chi connectivity index (χ0) is 14.7. The molecule has 0 unspecified atom stereocenters. The Bertz CT molecular complexity index is 562. The Labute approximate surface area is 125 Å². The molecule has 0 atom stereocenters. The topological polar surface area (TPSA) is 46.3 Å². The molecule has 21 heavy (non-hydrogen) atoms. The number of carbonyl (C=O) groups is 1. The molecule has 3 nitrogen and oxygen atoms in total. The zero-order valence-corrected chi connectivity index (χ0v) is 12.0. The van der Waals surface area contributed by atoms with E-state index in [2.05, 4.69) is 48.5 Å². The van der Waals surface area contributed by atoms with E-state index in [1.54, 1.807) is 0 Å². The van der Waals surface area contributed by atoms with Crippen LogP contribution in [0.1, 0.15) is 17.5 Å². The van der Waals surface area contributed by atoms with Gasteiger partial charge in [-0.3, -0.25) is 4.79 Å². The van der Waals surface area contributed by atoms with Crippen molar-refractivity contribution in [2.45, 2.75) is 11.8 Å². The molecule has 0 radical (unpaired) electrons. The lowest BCUT2D eigenvalue weighted by atomic mass is 9.68. The van der Waals surface area contributed by atoms with Crippen LogP contribution in [-0.2, 0) is 10.2 Å². The van der Waals surface area contributed by atoms with E-state index in [4.69, 9.17) is 5.73 Å². The first-order chi connectivity index (χ1) is 10.3. The van der Waals surface area contributed by atoms with Gasteiger partial charge in [0.25, 0.3) is 0 Å². The van der Waals surface area contributed by atoms with Gasteiger partial charge >= 0.3 is 0 Å². The molecule has 1 aliphatic heterocycles. The van der Waals surface area contributed by atoms with Crippen LogP contribution in [0.15, 0.2) is 60.7 Å². The van der Waals surface area contributed by atoms with Crippen LogP contribution in [0, 0.1) is 0 Å². The van der Waals surface area contributed by atoms with E-state index in [0.29, 0.717) is 13.0 Å². The summed E-state index contributed by atoms with van der Waals surface area (Å²) in [6.07, 6.45) is 0.430. The number of hydrogen-bond donors (Lipinski definition) is 1. The van der Waals surface area contributed by atoms with Crippen LogP contribution < -0.4 is 5.73 Å². The highest BCUT2D eigenvalue weighted by molar-refractivity contribution is 5.78. The van der Waals surface area contributed by atoms with Crippen LogP contribution >= 0.6 is 0 Å². The fourth-order valence-electron chi connectivity index (χ4n) is 3.11. The van der Waals surface area contributed by atoms with Crippen LogP contribution in [0.3, 0.4) is 0 Å². The van der Waals surface area contributed by atoms with Crippen molar-refractivity contribution in [3.05, 3.63) is 71.8 Å². The van der Waals surface area contributed by atoms with Crippen LogP contribution in [-0.4, -0.2) is 30.4 Å². The van der Waals surface area contributed by atoms with Crippen molar-refractivity contribution in [1.82, 2.24) is 4.90 Å². The second-order valence-corrected chi connectivity index (χ2v) is 5.60. The predicted molar refractivity (Wildman–Crippen MR) is 83.9 cm³/mol. The van der Waals surface area contributed by atoms with Crippen LogP contribution in [0.2, 0.25) is 0 Å². The Kier molecular flexibility index (Phi) is 3.76. The molecule has 1 fully saturated rings. The van der Waals surface area contributed by atoms with Gasteiger partial charge in [-0.15, -0.1) is 0 Å². The molecule has 0 saturated carbocycles. The lowest BCUT2D eigenvalue weighted by molar-refractivity contribution is -0.137. The summed E-state index contributed by atoms with van der Waals surface area (Å²) in [5.41, 5.74) is 7.95. The number of nitrogens with zero attached hydrogens (tertiary/aromatic N) is 1. The highest BCUT2D eigenvalue weighted by Crippen LogP contribution is 2.40. The largest absolute Gasteiger partial charge is 0.340 e. The van der Waals surface area contributed by atoms with Crippen molar-refractivity contribution in [2.24, 2.45) is 5.73 Å².